The van der Waals surface area contributed by atoms with E-state index in [0.29, 0.717) is 44.8 Å². The molecule has 0 spiro atoms. The Hall–Kier alpha value is -0.420. The fraction of sp³-hybridized carbons (Fsp3) is 0.913. The third-order valence-electron chi connectivity index (χ3n) is 9.15. The lowest BCUT2D eigenvalue weighted by Gasteiger charge is -2.60. The summed E-state index contributed by atoms with van der Waals surface area (Å²) < 4.78 is 29.4. The van der Waals surface area contributed by atoms with E-state index in [4.69, 9.17) is 12.2 Å². The van der Waals surface area contributed by atoms with Crippen LogP contribution in [0.1, 0.15) is 68.5 Å². The first kappa shape index (κ1) is 16.4. The van der Waals surface area contributed by atoms with Crippen molar-refractivity contribution in [3.8, 4) is 0 Å². The Balaban J connectivity index is 1.53. The van der Waals surface area contributed by atoms with Crippen molar-refractivity contribution in [3.63, 3.8) is 0 Å². The highest BCUT2D eigenvalue weighted by molar-refractivity contribution is 5.26. The van der Waals surface area contributed by atoms with Gasteiger partial charge in [0, 0.05) is 5.92 Å². The van der Waals surface area contributed by atoms with E-state index in [1.165, 1.54) is 0 Å². The van der Waals surface area contributed by atoms with Gasteiger partial charge in [-0.2, -0.15) is 0 Å². The van der Waals surface area contributed by atoms with Crippen molar-refractivity contribution in [3.05, 3.63) is 11.6 Å². The van der Waals surface area contributed by atoms with Crippen molar-refractivity contribution in [2.24, 2.45) is 34.5 Å². The Morgan fingerprint density at radius 1 is 1.11 bits per heavy atom. The molecule has 1 aliphatic heterocycles. The number of aliphatic hydroxyl groups is 2. The molecule has 5 aliphatic rings. The van der Waals surface area contributed by atoms with Crippen molar-refractivity contribution in [1.82, 2.24) is 0 Å². The van der Waals surface area contributed by atoms with Crippen LogP contribution in [0, 0.1) is 34.5 Å². The predicted octanol–water partition coefficient (Wildman–Crippen LogP) is 3.66. The number of hydrogen-bond acceptors (Lipinski definition) is 4. The predicted molar refractivity (Wildman–Crippen MR) is 103 cm³/mol. The average Bonchev–Trinajstić information content (AvgIpc) is 3.18. The minimum Gasteiger partial charge on any atom is -0.393 e. The van der Waals surface area contributed by atoms with Gasteiger partial charge >= 0.3 is 0 Å². The van der Waals surface area contributed by atoms with E-state index in [1.807, 2.05) is 6.92 Å². The van der Waals surface area contributed by atoms with E-state index in [0.717, 1.165) is 24.8 Å². The van der Waals surface area contributed by atoms with Gasteiger partial charge in [0.25, 0.3) is 0 Å². The largest absolute Gasteiger partial charge is 0.393 e. The molecule has 3 saturated carbocycles. The van der Waals surface area contributed by atoms with Crippen LogP contribution >= 0.6 is 0 Å². The third-order valence-corrected chi connectivity index (χ3v) is 9.15. The second-order valence-corrected chi connectivity index (χ2v) is 10.4. The first-order valence-electron chi connectivity index (χ1n) is 11.8. The molecule has 27 heavy (non-hydrogen) atoms. The maximum absolute atomic E-state index is 11.6. The van der Waals surface area contributed by atoms with Crippen LogP contribution < -0.4 is 0 Å². The maximum Gasteiger partial charge on any atom is 0.169 e. The zero-order valence-electron chi connectivity index (χ0n) is 19.0. The molecule has 0 aromatic heterocycles. The van der Waals surface area contributed by atoms with Crippen molar-refractivity contribution in [2.45, 2.75) is 83.7 Å². The molecular formula is C23H36O4. The summed E-state index contributed by atoms with van der Waals surface area (Å²) in [5, 5.41) is 21.9. The molecule has 0 radical (unpaired) electrons. The van der Waals surface area contributed by atoms with E-state index in [-0.39, 0.29) is 28.6 Å². The fourth-order valence-corrected chi connectivity index (χ4v) is 7.95. The van der Waals surface area contributed by atoms with Crippen LogP contribution in [0.15, 0.2) is 11.6 Å². The number of rotatable bonds is 1. The van der Waals surface area contributed by atoms with Crippen molar-refractivity contribution in [1.29, 1.82) is 0 Å². The van der Waals surface area contributed by atoms with Gasteiger partial charge in [-0.3, -0.25) is 0 Å². The van der Waals surface area contributed by atoms with Crippen LogP contribution in [0.3, 0.4) is 0 Å². The van der Waals surface area contributed by atoms with Crippen LogP contribution in [0.5, 0.6) is 0 Å². The smallest absolute Gasteiger partial charge is 0.169 e. The highest BCUT2D eigenvalue weighted by atomic mass is 16.7. The Morgan fingerprint density at radius 2 is 1.85 bits per heavy atom. The average molecular weight is 379 g/mol. The van der Waals surface area contributed by atoms with E-state index in [9.17, 15) is 10.2 Å². The summed E-state index contributed by atoms with van der Waals surface area (Å²) in [4.78, 5) is 0. The molecule has 0 bridgehead atoms. The molecule has 0 aromatic rings. The Bertz CT molecular complexity index is 728. The quantitative estimate of drug-likeness (QED) is 0.684. The van der Waals surface area contributed by atoms with Crippen molar-refractivity contribution < 1.29 is 22.4 Å². The molecule has 4 nitrogen and oxygen atoms in total. The fourth-order valence-electron chi connectivity index (χ4n) is 7.95. The van der Waals surface area contributed by atoms with Gasteiger partial charge in [-0.05, 0) is 80.5 Å². The molecule has 2 N–H and O–H groups in total. The van der Waals surface area contributed by atoms with Gasteiger partial charge < -0.3 is 19.7 Å². The minimum atomic E-state index is -1.53. The van der Waals surface area contributed by atoms with Crippen molar-refractivity contribution >= 4 is 0 Å². The van der Waals surface area contributed by atoms with E-state index < -0.39 is 17.9 Å². The van der Waals surface area contributed by atoms with E-state index in [1.54, 1.807) is 0 Å². The molecule has 1 saturated heterocycles. The number of hydrogen-bond donors (Lipinski definition) is 2. The number of ether oxygens (including phenoxy) is 2. The Kier molecular flexibility index (Phi) is 3.67. The first-order valence-corrected chi connectivity index (χ1v) is 10.8. The molecule has 0 amide bonds. The van der Waals surface area contributed by atoms with Gasteiger partial charge in [-0.25, -0.2) is 0 Å². The summed E-state index contributed by atoms with van der Waals surface area (Å²) in [6.07, 6.45) is 4.07. The molecule has 1 heterocycles. The number of allylic oxidation sites excluding steroid dienone is 1. The SMILES string of the molecule is [2H]C1(O)C[C@@]2(C)C(CC[C@@H]2C2(C)OCCO2)C2CC=C3C[C@@]([2H])(O)CC[C@]3(C)C21. The third kappa shape index (κ3) is 2.49. The lowest BCUT2D eigenvalue weighted by Crippen LogP contribution is -2.58. The van der Waals surface area contributed by atoms with E-state index >= 15 is 0 Å². The van der Waals surface area contributed by atoms with E-state index in [2.05, 4.69) is 19.9 Å². The number of fused-ring (bicyclic) bond motifs is 5. The molecule has 152 valence electrons. The van der Waals surface area contributed by atoms with Crippen LogP contribution in [0.4, 0.5) is 0 Å². The Labute approximate surface area is 166 Å². The molecule has 4 aliphatic carbocycles. The minimum absolute atomic E-state index is 0.152. The summed E-state index contributed by atoms with van der Waals surface area (Å²) in [6.45, 7) is 7.70. The van der Waals surface area contributed by atoms with Crippen LogP contribution in [-0.4, -0.2) is 41.4 Å². The Morgan fingerprint density at radius 3 is 2.59 bits per heavy atom. The lowest BCUT2D eigenvalue weighted by molar-refractivity contribution is -0.223. The first-order chi connectivity index (χ1) is 13.4. The topological polar surface area (TPSA) is 58.9 Å². The van der Waals surface area contributed by atoms with Crippen LogP contribution in [-0.2, 0) is 9.47 Å². The second-order valence-electron chi connectivity index (χ2n) is 10.4. The monoisotopic (exact) mass is 378 g/mol. The summed E-state index contributed by atoms with van der Waals surface area (Å²) in [5.41, 5.74) is 0.584. The lowest BCUT2D eigenvalue weighted by atomic mass is 9.46. The molecule has 4 fully saturated rings. The van der Waals surface area contributed by atoms with Crippen LogP contribution in [0.2, 0.25) is 0 Å². The highest BCUT2D eigenvalue weighted by Crippen LogP contribution is 2.68. The van der Waals surface area contributed by atoms with Gasteiger partial charge in [0.2, 0.25) is 0 Å². The van der Waals surface area contributed by atoms with Gasteiger partial charge in [-0.15, -0.1) is 0 Å². The van der Waals surface area contributed by atoms with Gasteiger partial charge in [-0.1, -0.05) is 25.5 Å². The second kappa shape index (κ2) is 6.04. The normalized spacial score (nSPS) is 60.6. The summed E-state index contributed by atoms with van der Waals surface area (Å²) in [6, 6.07) is 0. The highest BCUT2D eigenvalue weighted by Gasteiger charge is 2.65. The van der Waals surface area contributed by atoms with Crippen molar-refractivity contribution in [2.75, 3.05) is 13.2 Å². The summed E-state index contributed by atoms with van der Waals surface area (Å²) >= 11 is 0. The van der Waals surface area contributed by atoms with Crippen LogP contribution in [0.25, 0.3) is 0 Å². The van der Waals surface area contributed by atoms with Gasteiger partial charge in [0.15, 0.2) is 5.79 Å². The maximum atomic E-state index is 11.6. The molecule has 5 rings (SSSR count). The standard InChI is InChI=1S/C23H36O4/c1-21-9-8-15(24)12-14(21)4-5-16-17-6-7-19(23(3)26-10-11-27-23)22(17,2)13-18(25)20(16)21/h4,15-20,24-25H,5-13H2,1-3H3/t15-,16?,17?,18?,19-,20?,21-,22-/m0/s1/i15D,18D. The van der Waals surface area contributed by atoms with Gasteiger partial charge in [0.1, 0.15) is 0 Å². The molecule has 8 atom stereocenters. The summed E-state index contributed by atoms with van der Waals surface area (Å²) in [7, 11) is 0. The van der Waals surface area contributed by atoms with Gasteiger partial charge in [0.05, 0.1) is 28.1 Å². The molecule has 0 aromatic carbocycles. The molecule has 4 unspecified atom stereocenters. The zero-order chi connectivity index (χ0) is 20.9. The molecular weight excluding hydrogens is 340 g/mol. The molecule has 4 heteroatoms. The zero-order valence-corrected chi connectivity index (χ0v) is 17.0. The summed E-state index contributed by atoms with van der Waals surface area (Å²) in [5.74, 6) is 0.0962.